The fraction of sp³-hybridized carbons (Fsp3) is 0.500. The van der Waals surface area contributed by atoms with Gasteiger partial charge in [-0.3, -0.25) is 4.79 Å². The fourth-order valence-electron chi connectivity index (χ4n) is 1.48. The Bertz CT molecular complexity index is 417. The molecule has 0 saturated carbocycles. The first-order chi connectivity index (χ1) is 8.16. The predicted molar refractivity (Wildman–Crippen MR) is 65.6 cm³/mol. The number of nitrogens with one attached hydrogen (secondary N) is 2. The highest BCUT2D eigenvalue weighted by atomic mass is 16.1. The van der Waals surface area contributed by atoms with Crippen LogP contribution in [0.25, 0.3) is 0 Å². The molecular formula is C12H18N4O. The lowest BCUT2D eigenvalue weighted by molar-refractivity contribution is 0.0953. The molecule has 0 aliphatic rings. The molecule has 0 aliphatic heterocycles. The molecule has 0 unspecified atom stereocenters. The summed E-state index contributed by atoms with van der Waals surface area (Å²) in [5, 5.41) is 14.2. The molecule has 1 heterocycles. The molecule has 1 aromatic rings. The Labute approximate surface area is 101 Å². The van der Waals surface area contributed by atoms with E-state index in [-0.39, 0.29) is 5.91 Å². The molecule has 5 heteroatoms. The van der Waals surface area contributed by atoms with Crippen molar-refractivity contribution in [2.45, 2.75) is 13.3 Å². The van der Waals surface area contributed by atoms with Gasteiger partial charge in [-0.1, -0.05) is 0 Å². The molecule has 0 radical (unpaired) electrons. The van der Waals surface area contributed by atoms with Crippen LogP contribution in [0.1, 0.15) is 22.5 Å². The molecule has 2 N–H and O–H groups in total. The van der Waals surface area contributed by atoms with Crippen LogP contribution in [0.2, 0.25) is 0 Å². The maximum atomic E-state index is 11.8. The van der Waals surface area contributed by atoms with Crippen molar-refractivity contribution in [2.75, 3.05) is 19.6 Å². The third-order valence-corrected chi connectivity index (χ3v) is 2.63. The molecule has 1 amide bonds. The van der Waals surface area contributed by atoms with Crippen LogP contribution in [-0.2, 0) is 7.05 Å². The number of rotatable bonds is 6. The Morgan fingerprint density at radius 2 is 2.24 bits per heavy atom. The minimum Gasteiger partial charge on any atom is -0.354 e. The van der Waals surface area contributed by atoms with Crippen LogP contribution in [0.4, 0.5) is 0 Å². The van der Waals surface area contributed by atoms with Crippen molar-refractivity contribution in [3.05, 3.63) is 23.5 Å². The van der Waals surface area contributed by atoms with Crippen LogP contribution in [-0.4, -0.2) is 30.1 Å². The Balaban J connectivity index is 2.27. The highest BCUT2D eigenvalue weighted by molar-refractivity contribution is 5.95. The van der Waals surface area contributed by atoms with Gasteiger partial charge in [-0.15, -0.1) is 0 Å². The van der Waals surface area contributed by atoms with E-state index in [0.717, 1.165) is 5.69 Å². The summed E-state index contributed by atoms with van der Waals surface area (Å²) in [6.45, 7) is 3.83. The number of amides is 1. The van der Waals surface area contributed by atoms with Crippen LogP contribution in [0.5, 0.6) is 0 Å². The first kappa shape index (κ1) is 13.3. The van der Waals surface area contributed by atoms with Gasteiger partial charge in [0, 0.05) is 45.0 Å². The molecule has 92 valence electrons. The van der Waals surface area contributed by atoms with Gasteiger partial charge in [-0.05, 0) is 13.0 Å². The maximum Gasteiger partial charge on any atom is 0.253 e. The van der Waals surface area contributed by atoms with E-state index in [0.29, 0.717) is 31.6 Å². The molecule has 0 saturated heterocycles. The van der Waals surface area contributed by atoms with E-state index in [1.54, 1.807) is 0 Å². The van der Waals surface area contributed by atoms with E-state index in [4.69, 9.17) is 5.26 Å². The number of hydrogen-bond acceptors (Lipinski definition) is 3. The smallest absolute Gasteiger partial charge is 0.253 e. The van der Waals surface area contributed by atoms with Crippen LogP contribution >= 0.6 is 0 Å². The Morgan fingerprint density at radius 3 is 2.82 bits per heavy atom. The molecule has 5 nitrogen and oxygen atoms in total. The lowest BCUT2D eigenvalue weighted by Gasteiger charge is -2.06. The summed E-state index contributed by atoms with van der Waals surface area (Å²) in [6.07, 6.45) is 2.36. The SMILES string of the molecule is Cc1c(C(=O)NCCNCCC#N)ccn1C. The Morgan fingerprint density at radius 1 is 1.47 bits per heavy atom. The second-order valence-electron chi connectivity index (χ2n) is 3.84. The zero-order chi connectivity index (χ0) is 12.7. The van der Waals surface area contributed by atoms with E-state index < -0.39 is 0 Å². The summed E-state index contributed by atoms with van der Waals surface area (Å²) >= 11 is 0. The number of aryl methyl sites for hydroxylation is 1. The number of nitriles is 1. The summed E-state index contributed by atoms with van der Waals surface area (Å²) < 4.78 is 1.92. The van der Waals surface area contributed by atoms with Crippen LogP contribution in [0, 0.1) is 18.3 Å². The molecule has 0 atom stereocenters. The molecular weight excluding hydrogens is 216 g/mol. The van der Waals surface area contributed by atoms with E-state index in [2.05, 4.69) is 16.7 Å². The topological polar surface area (TPSA) is 69.8 Å². The first-order valence-electron chi connectivity index (χ1n) is 5.64. The van der Waals surface area contributed by atoms with Crippen LogP contribution in [0.3, 0.4) is 0 Å². The summed E-state index contributed by atoms with van der Waals surface area (Å²) in [6, 6.07) is 3.86. The summed E-state index contributed by atoms with van der Waals surface area (Å²) in [5.74, 6) is -0.0508. The quantitative estimate of drug-likeness (QED) is 0.707. The summed E-state index contributed by atoms with van der Waals surface area (Å²) in [7, 11) is 1.91. The standard InChI is InChI=1S/C12H18N4O/c1-10-11(4-9-16(10)2)12(17)15-8-7-14-6-3-5-13/h4,9,14H,3,6-8H2,1-2H3,(H,15,17). The van der Waals surface area contributed by atoms with Gasteiger partial charge in [0.05, 0.1) is 11.6 Å². The number of hydrogen-bond donors (Lipinski definition) is 2. The Kier molecular flexibility index (Phi) is 5.24. The molecule has 0 spiro atoms. The zero-order valence-electron chi connectivity index (χ0n) is 10.3. The minimum atomic E-state index is -0.0508. The van der Waals surface area contributed by atoms with Gasteiger partial charge in [0.1, 0.15) is 0 Å². The molecule has 1 rings (SSSR count). The fourth-order valence-corrected chi connectivity index (χ4v) is 1.48. The summed E-state index contributed by atoms with van der Waals surface area (Å²) in [4.78, 5) is 11.8. The van der Waals surface area contributed by atoms with Crippen molar-refractivity contribution >= 4 is 5.91 Å². The van der Waals surface area contributed by atoms with Gasteiger partial charge in [-0.2, -0.15) is 5.26 Å². The van der Waals surface area contributed by atoms with Crippen molar-refractivity contribution in [2.24, 2.45) is 7.05 Å². The van der Waals surface area contributed by atoms with Crippen molar-refractivity contribution in [1.82, 2.24) is 15.2 Å². The molecule has 0 fully saturated rings. The first-order valence-corrected chi connectivity index (χ1v) is 5.64. The lowest BCUT2D eigenvalue weighted by atomic mass is 10.2. The molecule has 0 bridgehead atoms. The average Bonchev–Trinajstić information content (AvgIpc) is 2.64. The van der Waals surface area contributed by atoms with E-state index in [1.165, 1.54) is 0 Å². The second-order valence-corrected chi connectivity index (χ2v) is 3.84. The number of carbonyl (C=O) groups is 1. The number of carbonyl (C=O) groups excluding carboxylic acids is 1. The van der Waals surface area contributed by atoms with Gasteiger partial charge < -0.3 is 15.2 Å². The van der Waals surface area contributed by atoms with Gasteiger partial charge in [-0.25, -0.2) is 0 Å². The third-order valence-electron chi connectivity index (χ3n) is 2.63. The molecule has 0 aliphatic carbocycles. The van der Waals surface area contributed by atoms with Crippen molar-refractivity contribution < 1.29 is 4.79 Å². The maximum absolute atomic E-state index is 11.8. The van der Waals surface area contributed by atoms with E-state index in [9.17, 15) is 4.79 Å². The molecule has 1 aromatic heterocycles. The third kappa shape index (κ3) is 3.93. The average molecular weight is 234 g/mol. The van der Waals surface area contributed by atoms with Gasteiger partial charge in [0.25, 0.3) is 5.91 Å². The zero-order valence-corrected chi connectivity index (χ0v) is 10.3. The Hall–Kier alpha value is -1.80. The minimum absolute atomic E-state index is 0.0508. The second kappa shape index (κ2) is 6.71. The highest BCUT2D eigenvalue weighted by Crippen LogP contribution is 2.07. The number of aromatic nitrogens is 1. The highest BCUT2D eigenvalue weighted by Gasteiger charge is 2.10. The van der Waals surface area contributed by atoms with Crippen molar-refractivity contribution in [1.29, 1.82) is 5.26 Å². The van der Waals surface area contributed by atoms with E-state index in [1.807, 2.05) is 30.8 Å². The van der Waals surface area contributed by atoms with Crippen LogP contribution in [0.15, 0.2) is 12.3 Å². The predicted octanol–water partition coefficient (Wildman–Crippen LogP) is 0.567. The van der Waals surface area contributed by atoms with Crippen molar-refractivity contribution in [3.8, 4) is 6.07 Å². The molecule has 0 aromatic carbocycles. The van der Waals surface area contributed by atoms with Gasteiger partial charge in [0.15, 0.2) is 0 Å². The van der Waals surface area contributed by atoms with Gasteiger partial charge in [0.2, 0.25) is 0 Å². The van der Waals surface area contributed by atoms with Gasteiger partial charge >= 0.3 is 0 Å². The van der Waals surface area contributed by atoms with E-state index >= 15 is 0 Å². The number of nitrogens with zero attached hydrogens (tertiary/aromatic N) is 2. The molecule has 17 heavy (non-hydrogen) atoms. The summed E-state index contributed by atoms with van der Waals surface area (Å²) in [5.41, 5.74) is 1.67. The largest absolute Gasteiger partial charge is 0.354 e. The van der Waals surface area contributed by atoms with Crippen LogP contribution < -0.4 is 10.6 Å². The monoisotopic (exact) mass is 234 g/mol. The normalized spacial score (nSPS) is 9.94. The lowest BCUT2D eigenvalue weighted by Crippen LogP contribution is -2.32. The van der Waals surface area contributed by atoms with Crippen molar-refractivity contribution in [3.63, 3.8) is 0 Å².